The SMILES string of the molecule is C[C@@H](NC(=O)c1cccs1)C(=O)NCCC1=CCCCC1. The summed E-state index contributed by atoms with van der Waals surface area (Å²) in [6, 6.07) is 3.06. The Balaban J connectivity index is 1.70. The zero-order valence-electron chi connectivity index (χ0n) is 12.4. The molecular weight excluding hydrogens is 284 g/mol. The van der Waals surface area contributed by atoms with Crippen molar-refractivity contribution in [3.05, 3.63) is 34.0 Å². The van der Waals surface area contributed by atoms with E-state index in [2.05, 4.69) is 16.7 Å². The van der Waals surface area contributed by atoms with Gasteiger partial charge in [-0.25, -0.2) is 0 Å². The van der Waals surface area contributed by atoms with E-state index >= 15 is 0 Å². The van der Waals surface area contributed by atoms with Crippen molar-refractivity contribution in [3.63, 3.8) is 0 Å². The molecule has 1 aromatic rings. The normalized spacial score (nSPS) is 16.0. The topological polar surface area (TPSA) is 58.2 Å². The van der Waals surface area contributed by atoms with Gasteiger partial charge >= 0.3 is 0 Å². The van der Waals surface area contributed by atoms with E-state index in [-0.39, 0.29) is 11.8 Å². The number of allylic oxidation sites excluding steroid dienone is 1. The summed E-state index contributed by atoms with van der Waals surface area (Å²) in [4.78, 5) is 24.4. The van der Waals surface area contributed by atoms with Crippen LogP contribution in [0.25, 0.3) is 0 Å². The Kier molecular flexibility index (Phi) is 5.99. The number of hydrogen-bond acceptors (Lipinski definition) is 3. The van der Waals surface area contributed by atoms with Gasteiger partial charge in [0.15, 0.2) is 0 Å². The average molecular weight is 306 g/mol. The first-order chi connectivity index (χ1) is 10.2. The van der Waals surface area contributed by atoms with Crippen LogP contribution in [0.1, 0.15) is 48.7 Å². The van der Waals surface area contributed by atoms with Crippen molar-refractivity contribution >= 4 is 23.2 Å². The van der Waals surface area contributed by atoms with Gasteiger partial charge in [0.25, 0.3) is 5.91 Å². The van der Waals surface area contributed by atoms with Crippen LogP contribution in [0.2, 0.25) is 0 Å². The van der Waals surface area contributed by atoms with Gasteiger partial charge in [-0.05, 0) is 50.5 Å². The molecule has 2 rings (SSSR count). The molecule has 1 aliphatic carbocycles. The lowest BCUT2D eigenvalue weighted by Gasteiger charge is -2.15. The minimum Gasteiger partial charge on any atom is -0.354 e. The fraction of sp³-hybridized carbons (Fsp3) is 0.500. The van der Waals surface area contributed by atoms with Gasteiger partial charge < -0.3 is 10.6 Å². The third kappa shape index (κ3) is 5.01. The molecule has 0 fully saturated rings. The highest BCUT2D eigenvalue weighted by molar-refractivity contribution is 7.12. The van der Waals surface area contributed by atoms with E-state index in [1.165, 1.54) is 29.8 Å². The molecule has 0 radical (unpaired) electrons. The highest BCUT2D eigenvalue weighted by atomic mass is 32.1. The molecule has 21 heavy (non-hydrogen) atoms. The van der Waals surface area contributed by atoms with E-state index in [9.17, 15) is 9.59 Å². The van der Waals surface area contributed by atoms with Gasteiger partial charge in [-0.15, -0.1) is 11.3 Å². The number of carbonyl (C=O) groups excluding carboxylic acids is 2. The number of nitrogens with one attached hydrogen (secondary N) is 2. The van der Waals surface area contributed by atoms with E-state index in [4.69, 9.17) is 0 Å². The Hall–Kier alpha value is -1.62. The van der Waals surface area contributed by atoms with Crippen LogP contribution in [0.5, 0.6) is 0 Å². The number of hydrogen-bond donors (Lipinski definition) is 2. The molecule has 0 saturated heterocycles. The monoisotopic (exact) mass is 306 g/mol. The summed E-state index contributed by atoms with van der Waals surface area (Å²) in [6.07, 6.45) is 8.06. The van der Waals surface area contributed by atoms with Crippen LogP contribution in [0.3, 0.4) is 0 Å². The lowest BCUT2D eigenvalue weighted by molar-refractivity contribution is -0.122. The lowest BCUT2D eigenvalue weighted by Crippen LogP contribution is -2.44. The predicted molar refractivity (Wildman–Crippen MR) is 85.4 cm³/mol. The fourth-order valence-corrected chi connectivity index (χ4v) is 3.00. The van der Waals surface area contributed by atoms with Crippen molar-refractivity contribution in [2.75, 3.05) is 6.54 Å². The maximum Gasteiger partial charge on any atom is 0.261 e. The second kappa shape index (κ2) is 7.98. The van der Waals surface area contributed by atoms with Gasteiger partial charge in [0, 0.05) is 6.54 Å². The Morgan fingerprint density at radius 1 is 1.38 bits per heavy atom. The number of rotatable bonds is 6. The molecule has 0 saturated carbocycles. The quantitative estimate of drug-likeness (QED) is 0.794. The molecule has 2 amide bonds. The van der Waals surface area contributed by atoms with Gasteiger partial charge in [0.05, 0.1) is 4.88 Å². The minimum absolute atomic E-state index is 0.128. The highest BCUT2D eigenvalue weighted by Gasteiger charge is 2.16. The summed E-state index contributed by atoms with van der Waals surface area (Å²) in [6.45, 7) is 2.35. The third-order valence-electron chi connectivity index (χ3n) is 3.62. The largest absolute Gasteiger partial charge is 0.354 e. The van der Waals surface area contributed by atoms with E-state index in [1.807, 2.05) is 11.4 Å². The fourth-order valence-electron chi connectivity index (χ4n) is 2.37. The Morgan fingerprint density at radius 2 is 2.24 bits per heavy atom. The smallest absolute Gasteiger partial charge is 0.261 e. The van der Waals surface area contributed by atoms with Crippen molar-refractivity contribution in [2.24, 2.45) is 0 Å². The zero-order valence-corrected chi connectivity index (χ0v) is 13.2. The zero-order chi connectivity index (χ0) is 15.1. The molecule has 0 bridgehead atoms. The predicted octanol–water partition coefficient (Wildman–Crippen LogP) is 2.87. The first kappa shape index (κ1) is 15.8. The van der Waals surface area contributed by atoms with E-state index < -0.39 is 6.04 Å². The summed E-state index contributed by atoms with van der Waals surface area (Å²) in [5.74, 6) is -0.320. The molecule has 1 heterocycles. The molecule has 0 spiro atoms. The first-order valence-corrected chi connectivity index (χ1v) is 8.35. The Bertz CT molecular complexity index is 508. The molecule has 4 nitrogen and oxygen atoms in total. The van der Waals surface area contributed by atoms with E-state index in [0.29, 0.717) is 11.4 Å². The number of thiophene rings is 1. The van der Waals surface area contributed by atoms with Gasteiger partial charge in [-0.3, -0.25) is 9.59 Å². The maximum absolute atomic E-state index is 11.9. The average Bonchev–Trinajstić information content (AvgIpc) is 3.02. The lowest BCUT2D eigenvalue weighted by atomic mass is 9.97. The minimum atomic E-state index is -0.514. The summed E-state index contributed by atoms with van der Waals surface area (Å²) in [5, 5.41) is 7.45. The van der Waals surface area contributed by atoms with Crippen molar-refractivity contribution < 1.29 is 9.59 Å². The van der Waals surface area contributed by atoms with Crippen molar-refractivity contribution in [2.45, 2.75) is 45.1 Å². The first-order valence-electron chi connectivity index (χ1n) is 7.47. The van der Waals surface area contributed by atoms with Gasteiger partial charge in [-0.1, -0.05) is 17.7 Å². The second-order valence-corrected chi connectivity index (χ2v) is 6.27. The van der Waals surface area contributed by atoms with Crippen LogP contribution >= 0.6 is 11.3 Å². The molecule has 2 N–H and O–H groups in total. The molecule has 5 heteroatoms. The van der Waals surface area contributed by atoms with Crippen LogP contribution in [-0.4, -0.2) is 24.4 Å². The highest BCUT2D eigenvalue weighted by Crippen LogP contribution is 2.19. The second-order valence-electron chi connectivity index (χ2n) is 5.32. The summed E-state index contributed by atoms with van der Waals surface area (Å²) < 4.78 is 0. The molecule has 114 valence electrons. The van der Waals surface area contributed by atoms with Crippen molar-refractivity contribution in [3.8, 4) is 0 Å². The van der Waals surface area contributed by atoms with Gasteiger partial charge in [-0.2, -0.15) is 0 Å². The van der Waals surface area contributed by atoms with Crippen LogP contribution in [0.15, 0.2) is 29.2 Å². The number of amides is 2. The molecule has 0 aromatic carbocycles. The van der Waals surface area contributed by atoms with Crippen molar-refractivity contribution in [1.82, 2.24) is 10.6 Å². The summed E-state index contributed by atoms with van der Waals surface area (Å²) in [5.41, 5.74) is 1.44. The van der Waals surface area contributed by atoms with Crippen molar-refractivity contribution in [1.29, 1.82) is 0 Å². The molecule has 1 aromatic heterocycles. The molecule has 1 atom stereocenters. The third-order valence-corrected chi connectivity index (χ3v) is 4.48. The maximum atomic E-state index is 11.9. The summed E-state index contributed by atoms with van der Waals surface area (Å²) in [7, 11) is 0. The van der Waals surface area contributed by atoms with Crippen LogP contribution in [-0.2, 0) is 4.79 Å². The summed E-state index contributed by atoms with van der Waals surface area (Å²) >= 11 is 1.37. The van der Waals surface area contributed by atoms with E-state index in [0.717, 1.165) is 19.3 Å². The van der Waals surface area contributed by atoms with Gasteiger partial charge in [0.1, 0.15) is 6.04 Å². The van der Waals surface area contributed by atoms with Gasteiger partial charge in [0.2, 0.25) is 5.91 Å². The van der Waals surface area contributed by atoms with Crippen LogP contribution in [0, 0.1) is 0 Å². The molecule has 1 aliphatic rings. The molecule has 0 aliphatic heterocycles. The standard InChI is InChI=1S/C16H22N2O2S/c1-12(18-16(20)14-8-5-11-21-14)15(19)17-10-9-13-6-3-2-4-7-13/h5-6,8,11-12H,2-4,7,9-10H2,1H3,(H,17,19)(H,18,20)/t12-/m1/s1. The number of carbonyl (C=O) groups is 2. The Labute approximate surface area is 129 Å². The van der Waals surface area contributed by atoms with E-state index in [1.54, 1.807) is 13.0 Å². The Morgan fingerprint density at radius 3 is 2.90 bits per heavy atom. The molecular formula is C16H22N2O2S. The molecule has 0 unspecified atom stereocenters. The van der Waals surface area contributed by atoms with Crippen LogP contribution < -0.4 is 10.6 Å². The van der Waals surface area contributed by atoms with Crippen LogP contribution in [0.4, 0.5) is 0 Å².